The number of nitrogens with zero attached hydrogens (tertiary/aromatic N) is 2. The van der Waals surface area contributed by atoms with Crippen LogP contribution in [0.5, 0.6) is 0 Å². The molecule has 7 nitrogen and oxygen atoms in total. The number of hydrogen-bond acceptors (Lipinski definition) is 5. The van der Waals surface area contributed by atoms with Crippen LogP contribution >= 0.6 is 0 Å². The summed E-state index contributed by atoms with van der Waals surface area (Å²) in [6, 6.07) is 1.41. The molecule has 0 aromatic carbocycles. The normalized spacial score (nSPS) is 11.2. The quantitative estimate of drug-likeness (QED) is 0.588. The van der Waals surface area contributed by atoms with Crippen molar-refractivity contribution < 1.29 is 14.8 Å². The first-order valence-electron chi connectivity index (χ1n) is 6.44. The Balaban J connectivity index is 2.99. The third kappa shape index (κ3) is 3.23. The lowest BCUT2D eigenvalue weighted by Crippen LogP contribution is -2.37. The fraction of sp³-hybridized carbons (Fsp3) is 0.538. The van der Waals surface area contributed by atoms with Gasteiger partial charge in [0, 0.05) is 18.8 Å². The number of anilines is 1. The fourth-order valence-electron chi connectivity index (χ4n) is 1.96. The van der Waals surface area contributed by atoms with Crippen molar-refractivity contribution in [3.05, 3.63) is 27.9 Å². The second kappa shape index (κ2) is 6.31. The highest BCUT2D eigenvalue weighted by Gasteiger charge is 2.35. The van der Waals surface area contributed by atoms with Crippen molar-refractivity contribution in [2.75, 3.05) is 11.9 Å². The third-order valence-electron chi connectivity index (χ3n) is 3.60. The van der Waals surface area contributed by atoms with Gasteiger partial charge in [-0.05, 0) is 25.3 Å². The van der Waals surface area contributed by atoms with E-state index in [-0.39, 0.29) is 18.1 Å². The van der Waals surface area contributed by atoms with Gasteiger partial charge in [-0.1, -0.05) is 13.8 Å². The topological polar surface area (TPSA) is 105 Å². The van der Waals surface area contributed by atoms with E-state index >= 15 is 0 Å². The predicted octanol–water partition coefficient (Wildman–Crippen LogP) is 2.60. The molecule has 0 fully saturated rings. The zero-order valence-electron chi connectivity index (χ0n) is 11.8. The summed E-state index contributed by atoms with van der Waals surface area (Å²) < 4.78 is 0. The second-order valence-corrected chi connectivity index (χ2v) is 4.78. The molecule has 1 aromatic rings. The van der Waals surface area contributed by atoms with E-state index in [0.717, 1.165) is 0 Å². The number of carboxylic acids is 1. The Morgan fingerprint density at radius 2 is 2.10 bits per heavy atom. The zero-order chi connectivity index (χ0) is 15.3. The van der Waals surface area contributed by atoms with E-state index in [1.54, 1.807) is 20.8 Å². The van der Waals surface area contributed by atoms with Crippen LogP contribution in [-0.2, 0) is 4.79 Å². The minimum absolute atomic E-state index is 0.103. The molecule has 0 saturated carbocycles. The van der Waals surface area contributed by atoms with Crippen LogP contribution in [-0.4, -0.2) is 27.5 Å². The molecule has 7 heteroatoms. The SMILES string of the molecule is CCC(CC)(CNc1ncc(C)cc1[N+](=O)[O-])C(=O)O. The number of aliphatic carboxylic acids is 1. The van der Waals surface area contributed by atoms with Crippen molar-refractivity contribution in [1.29, 1.82) is 0 Å². The van der Waals surface area contributed by atoms with Gasteiger partial charge < -0.3 is 10.4 Å². The van der Waals surface area contributed by atoms with Crippen molar-refractivity contribution >= 4 is 17.5 Å². The molecule has 110 valence electrons. The Hall–Kier alpha value is -2.18. The molecule has 1 rings (SSSR count). The number of nitro groups is 1. The molecule has 0 atom stereocenters. The third-order valence-corrected chi connectivity index (χ3v) is 3.60. The number of rotatable bonds is 7. The maximum Gasteiger partial charge on any atom is 0.311 e. The van der Waals surface area contributed by atoms with E-state index in [0.29, 0.717) is 18.4 Å². The van der Waals surface area contributed by atoms with E-state index in [1.807, 2.05) is 0 Å². The van der Waals surface area contributed by atoms with E-state index in [1.165, 1.54) is 12.3 Å². The van der Waals surface area contributed by atoms with Gasteiger partial charge >= 0.3 is 11.7 Å². The van der Waals surface area contributed by atoms with Gasteiger partial charge in [0.05, 0.1) is 10.3 Å². The summed E-state index contributed by atoms with van der Waals surface area (Å²) >= 11 is 0. The Morgan fingerprint density at radius 1 is 1.50 bits per heavy atom. The highest BCUT2D eigenvalue weighted by molar-refractivity contribution is 5.75. The van der Waals surface area contributed by atoms with Crippen molar-refractivity contribution in [2.24, 2.45) is 5.41 Å². The number of pyridine rings is 1. The first-order chi connectivity index (χ1) is 9.36. The molecule has 0 bridgehead atoms. The molecule has 0 aliphatic rings. The van der Waals surface area contributed by atoms with Crippen molar-refractivity contribution in [3.63, 3.8) is 0 Å². The zero-order valence-corrected chi connectivity index (χ0v) is 11.8. The monoisotopic (exact) mass is 281 g/mol. The molecule has 1 heterocycles. The molecule has 2 N–H and O–H groups in total. The van der Waals surface area contributed by atoms with Crippen LogP contribution in [0.15, 0.2) is 12.3 Å². The summed E-state index contributed by atoms with van der Waals surface area (Å²) in [5.41, 5.74) is -0.408. The summed E-state index contributed by atoms with van der Waals surface area (Å²) in [6.07, 6.45) is 2.38. The number of nitrogens with one attached hydrogen (secondary N) is 1. The van der Waals surface area contributed by atoms with Gasteiger partial charge in [0.15, 0.2) is 0 Å². The van der Waals surface area contributed by atoms with Gasteiger partial charge in [0.1, 0.15) is 0 Å². The predicted molar refractivity (Wildman–Crippen MR) is 74.8 cm³/mol. The van der Waals surface area contributed by atoms with Crippen LogP contribution in [0.4, 0.5) is 11.5 Å². The minimum atomic E-state index is -0.944. The number of aromatic nitrogens is 1. The lowest BCUT2D eigenvalue weighted by molar-refractivity contribution is -0.384. The van der Waals surface area contributed by atoms with Crippen molar-refractivity contribution in [3.8, 4) is 0 Å². The second-order valence-electron chi connectivity index (χ2n) is 4.78. The molecule has 0 spiro atoms. The lowest BCUT2D eigenvalue weighted by Gasteiger charge is -2.26. The van der Waals surface area contributed by atoms with E-state index in [9.17, 15) is 20.0 Å². The molecule has 0 aliphatic carbocycles. The first-order valence-corrected chi connectivity index (χ1v) is 6.44. The van der Waals surface area contributed by atoms with Gasteiger partial charge in [0.25, 0.3) is 0 Å². The molecule has 0 saturated heterocycles. The maximum atomic E-state index is 11.4. The van der Waals surface area contributed by atoms with E-state index < -0.39 is 16.3 Å². The summed E-state index contributed by atoms with van der Waals surface area (Å²) in [6.45, 7) is 5.39. The van der Waals surface area contributed by atoms with Crippen LogP contribution in [0.1, 0.15) is 32.3 Å². The van der Waals surface area contributed by atoms with Crippen LogP contribution < -0.4 is 5.32 Å². The number of carbonyl (C=O) groups is 1. The van der Waals surface area contributed by atoms with Gasteiger partial charge in [0.2, 0.25) is 5.82 Å². The molecular formula is C13H19N3O4. The minimum Gasteiger partial charge on any atom is -0.481 e. The Labute approximate surface area is 117 Å². The molecule has 0 amide bonds. The van der Waals surface area contributed by atoms with Crippen LogP contribution in [0.2, 0.25) is 0 Å². The Morgan fingerprint density at radius 3 is 2.55 bits per heavy atom. The van der Waals surface area contributed by atoms with E-state index in [2.05, 4.69) is 10.3 Å². The summed E-state index contributed by atoms with van der Waals surface area (Å²) in [5, 5.41) is 23.1. The fourth-order valence-corrected chi connectivity index (χ4v) is 1.96. The molecule has 20 heavy (non-hydrogen) atoms. The van der Waals surface area contributed by atoms with Gasteiger partial charge in [-0.2, -0.15) is 0 Å². The summed E-state index contributed by atoms with van der Waals surface area (Å²) in [5.74, 6) is -0.808. The van der Waals surface area contributed by atoms with Crippen LogP contribution in [0.3, 0.4) is 0 Å². The Kier molecular flexibility index (Phi) is 5.01. The standard InChI is InChI=1S/C13H19N3O4/c1-4-13(5-2,12(17)18)8-15-11-10(16(19)20)6-9(3)7-14-11/h6-7H,4-5,8H2,1-3H3,(H,14,15)(H,17,18). The van der Waals surface area contributed by atoms with Crippen LogP contribution in [0, 0.1) is 22.5 Å². The number of aryl methyl sites for hydroxylation is 1. The highest BCUT2D eigenvalue weighted by atomic mass is 16.6. The molecule has 0 radical (unpaired) electrons. The van der Waals surface area contributed by atoms with Crippen molar-refractivity contribution in [1.82, 2.24) is 4.98 Å². The number of carboxylic acid groups (broad SMARTS) is 1. The van der Waals surface area contributed by atoms with Crippen LogP contribution in [0.25, 0.3) is 0 Å². The van der Waals surface area contributed by atoms with Gasteiger partial charge in [-0.15, -0.1) is 0 Å². The average molecular weight is 281 g/mol. The van der Waals surface area contributed by atoms with Gasteiger partial charge in [-0.25, -0.2) is 4.98 Å². The molecular weight excluding hydrogens is 262 g/mol. The smallest absolute Gasteiger partial charge is 0.311 e. The van der Waals surface area contributed by atoms with E-state index in [4.69, 9.17) is 0 Å². The summed E-state index contributed by atoms with van der Waals surface area (Å²) in [4.78, 5) is 25.8. The molecule has 0 aliphatic heterocycles. The highest BCUT2D eigenvalue weighted by Crippen LogP contribution is 2.29. The average Bonchev–Trinajstić information content (AvgIpc) is 2.41. The Bertz CT molecular complexity index is 512. The van der Waals surface area contributed by atoms with Crippen molar-refractivity contribution in [2.45, 2.75) is 33.6 Å². The first kappa shape index (κ1) is 15.9. The summed E-state index contributed by atoms with van der Waals surface area (Å²) in [7, 11) is 0. The van der Waals surface area contributed by atoms with Gasteiger partial charge in [-0.3, -0.25) is 14.9 Å². The number of hydrogen-bond donors (Lipinski definition) is 2. The lowest BCUT2D eigenvalue weighted by atomic mass is 9.82. The molecule has 0 unspecified atom stereocenters. The largest absolute Gasteiger partial charge is 0.481 e. The molecule has 1 aromatic heterocycles. The maximum absolute atomic E-state index is 11.4.